The number of hydrogen-bond acceptors (Lipinski definition) is 5. The van der Waals surface area contributed by atoms with Crippen molar-refractivity contribution in [3.63, 3.8) is 0 Å². The van der Waals surface area contributed by atoms with E-state index in [9.17, 15) is 4.79 Å². The minimum Gasteiger partial charge on any atom is -0.348 e. The molecular formula is C11H18N4O2. The number of carbonyl (C=O) groups excluding carboxylic acids is 1. The van der Waals surface area contributed by atoms with Crippen molar-refractivity contribution in [2.45, 2.75) is 39.3 Å². The smallest absolute Gasteiger partial charge is 0.223 e. The first-order valence-corrected chi connectivity index (χ1v) is 5.95. The molecule has 2 rings (SSSR count). The highest BCUT2D eigenvalue weighted by Gasteiger charge is 2.24. The van der Waals surface area contributed by atoms with E-state index >= 15 is 0 Å². The fraction of sp³-hybridized carbons (Fsp3) is 0.727. The lowest BCUT2D eigenvalue weighted by Gasteiger charge is -2.26. The molecule has 6 nitrogen and oxygen atoms in total. The minimum absolute atomic E-state index is 0.0841. The van der Waals surface area contributed by atoms with Crippen molar-refractivity contribution in [2.75, 3.05) is 6.54 Å². The Morgan fingerprint density at radius 3 is 3.12 bits per heavy atom. The monoisotopic (exact) mass is 238 g/mol. The quantitative estimate of drug-likeness (QED) is 0.796. The van der Waals surface area contributed by atoms with E-state index in [1.807, 2.05) is 0 Å². The van der Waals surface area contributed by atoms with Gasteiger partial charge in [-0.05, 0) is 26.3 Å². The Morgan fingerprint density at radius 2 is 2.47 bits per heavy atom. The van der Waals surface area contributed by atoms with Gasteiger partial charge in [-0.3, -0.25) is 4.79 Å². The highest BCUT2D eigenvalue weighted by molar-refractivity contribution is 5.78. The number of rotatable bonds is 3. The molecule has 1 aliphatic rings. The maximum absolute atomic E-state index is 11.9. The number of piperidine rings is 1. The van der Waals surface area contributed by atoms with Crippen LogP contribution in [0.15, 0.2) is 4.52 Å². The molecule has 0 saturated carbocycles. The van der Waals surface area contributed by atoms with E-state index in [0.717, 1.165) is 19.4 Å². The van der Waals surface area contributed by atoms with Gasteiger partial charge in [-0.1, -0.05) is 5.16 Å². The predicted molar refractivity (Wildman–Crippen MR) is 61.1 cm³/mol. The van der Waals surface area contributed by atoms with Crippen LogP contribution in [0.2, 0.25) is 0 Å². The van der Waals surface area contributed by atoms with Gasteiger partial charge >= 0.3 is 0 Å². The van der Waals surface area contributed by atoms with Gasteiger partial charge < -0.3 is 15.2 Å². The van der Waals surface area contributed by atoms with Crippen molar-refractivity contribution < 1.29 is 9.32 Å². The molecule has 0 spiro atoms. The van der Waals surface area contributed by atoms with Crippen LogP contribution in [0.3, 0.4) is 0 Å². The fourth-order valence-corrected chi connectivity index (χ4v) is 2.09. The molecule has 1 aromatic heterocycles. The van der Waals surface area contributed by atoms with E-state index in [4.69, 9.17) is 4.52 Å². The summed E-state index contributed by atoms with van der Waals surface area (Å²) in [6.07, 6.45) is 1.78. The number of carbonyl (C=O) groups is 1. The number of nitrogens with zero attached hydrogens (tertiary/aromatic N) is 2. The predicted octanol–water partition coefficient (Wildman–Crippen LogP) is 0.382. The Balaban J connectivity index is 1.80. The molecule has 0 aromatic carbocycles. The maximum Gasteiger partial charge on any atom is 0.223 e. The highest BCUT2D eigenvalue weighted by Crippen LogP contribution is 2.16. The average molecular weight is 238 g/mol. The largest absolute Gasteiger partial charge is 0.348 e. The number of amides is 1. The zero-order valence-electron chi connectivity index (χ0n) is 10.2. The molecule has 1 fully saturated rings. The van der Waals surface area contributed by atoms with Crippen molar-refractivity contribution in [1.29, 1.82) is 0 Å². The third-order valence-electron chi connectivity index (χ3n) is 2.98. The van der Waals surface area contributed by atoms with Gasteiger partial charge in [-0.2, -0.15) is 4.98 Å². The van der Waals surface area contributed by atoms with Crippen molar-refractivity contribution in [2.24, 2.45) is 5.92 Å². The molecule has 1 saturated heterocycles. The first-order chi connectivity index (χ1) is 8.15. The Kier molecular flexibility index (Phi) is 3.73. The molecule has 2 atom stereocenters. The number of nitrogens with one attached hydrogen (secondary N) is 2. The molecule has 0 bridgehead atoms. The molecule has 94 valence electrons. The van der Waals surface area contributed by atoms with Crippen LogP contribution in [0, 0.1) is 12.8 Å². The van der Waals surface area contributed by atoms with Crippen LogP contribution in [-0.4, -0.2) is 28.6 Å². The SMILES string of the molecule is Cc1nc(CNC(=O)C2CCNC(C)C2)no1. The Hall–Kier alpha value is -1.43. The maximum atomic E-state index is 11.9. The van der Waals surface area contributed by atoms with E-state index < -0.39 is 0 Å². The lowest BCUT2D eigenvalue weighted by Crippen LogP contribution is -2.42. The molecule has 17 heavy (non-hydrogen) atoms. The van der Waals surface area contributed by atoms with Crippen LogP contribution in [-0.2, 0) is 11.3 Å². The summed E-state index contributed by atoms with van der Waals surface area (Å²) in [6, 6.07) is 0.409. The van der Waals surface area contributed by atoms with Crippen molar-refractivity contribution >= 4 is 5.91 Å². The fourth-order valence-electron chi connectivity index (χ4n) is 2.09. The van der Waals surface area contributed by atoms with Crippen molar-refractivity contribution in [3.8, 4) is 0 Å². The first kappa shape index (κ1) is 12.0. The van der Waals surface area contributed by atoms with E-state index in [-0.39, 0.29) is 11.8 Å². The first-order valence-electron chi connectivity index (χ1n) is 5.95. The van der Waals surface area contributed by atoms with Gasteiger partial charge in [-0.25, -0.2) is 0 Å². The standard InChI is InChI=1S/C11H18N4O2/c1-7-5-9(3-4-12-7)11(16)13-6-10-14-8(2)17-15-10/h7,9,12H,3-6H2,1-2H3,(H,13,16). The van der Waals surface area contributed by atoms with Gasteiger partial charge in [0, 0.05) is 18.9 Å². The molecule has 0 aliphatic carbocycles. The summed E-state index contributed by atoms with van der Waals surface area (Å²) in [5.41, 5.74) is 0. The van der Waals surface area contributed by atoms with E-state index in [0.29, 0.717) is 24.3 Å². The zero-order valence-corrected chi connectivity index (χ0v) is 10.2. The Labute approximate surface area is 100 Å². The van der Waals surface area contributed by atoms with Crippen LogP contribution in [0.25, 0.3) is 0 Å². The summed E-state index contributed by atoms with van der Waals surface area (Å²) in [5, 5.41) is 9.91. The highest BCUT2D eigenvalue weighted by atomic mass is 16.5. The lowest BCUT2D eigenvalue weighted by atomic mass is 9.92. The summed E-state index contributed by atoms with van der Waals surface area (Å²) in [4.78, 5) is 15.9. The van der Waals surface area contributed by atoms with E-state index in [2.05, 4.69) is 27.7 Å². The molecular weight excluding hydrogens is 220 g/mol. The second-order valence-corrected chi connectivity index (χ2v) is 4.52. The van der Waals surface area contributed by atoms with E-state index in [1.165, 1.54) is 0 Å². The zero-order chi connectivity index (χ0) is 12.3. The molecule has 0 radical (unpaired) electrons. The van der Waals surface area contributed by atoms with Gasteiger partial charge in [0.15, 0.2) is 5.82 Å². The van der Waals surface area contributed by atoms with Crippen LogP contribution in [0.4, 0.5) is 0 Å². The van der Waals surface area contributed by atoms with Crippen LogP contribution < -0.4 is 10.6 Å². The topological polar surface area (TPSA) is 80.0 Å². The normalized spacial score (nSPS) is 24.6. The molecule has 1 aromatic rings. The average Bonchev–Trinajstić information content (AvgIpc) is 2.72. The molecule has 2 heterocycles. The van der Waals surface area contributed by atoms with Crippen molar-refractivity contribution in [1.82, 2.24) is 20.8 Å². The molecule has 2 N–H and O–H groups in total. The summed E-state index contributed by atoms with van der Waals surface area (Å²) in [6.45, 7) is 5.07. The minimum atomic E-state index is 0.0841. The van der Waals surface area contributed by atoms with Crippen LogP contribution in [0.5, 0.6) is 0 Å². The van der Waals surface area contributed by atoms with Crippen molar-refractivity contribution in [3.05, 3.63) is 11.7 Å². The Morgan fingerprint density at radius 1 is 1.65 bits per heavy atom. The lowest BCUT2D eigenvalue weighted by molar-refractivity contribution is -0.126. The molecule has 1 aliphatic heterocycles. The van der Waals surface area contributed by atoms with Crippen LogP contribution in [0.1, 0.15) is 31.5 Å². The number of aryl methyl sites for hydroxylation is 1. The number of aromatic nitrogens is 2. The number of hydrogen-bond donors (Lipinski definition) is 2. The van der Waals surface area contributed by atoms with Gasteiger partial charge in [0.2, 0.25) is 11.8 Å². The van der Waals surface area contributed by atoms with Gasteiger partial charge in [-0.15, -0.1) is 0 Å². The molecule has 6 heteroatoms. The second-order valence-electron chi connectivity index (χ2n) is 4.52. The second kappa shape index (κ2) is 5.27. The summed E-state index contributed by atoms with van der Waals surface area (Å²) >= 11 is 0. The van der Waals surface area contributed by atoms with Gasteiger partial charge in [0.05, 0.1) is 6.54 Å². The summed E-state index contributed by atoms with van der Waals surface area (Å²) in [7, 11) is 0. The van der Waals surface area contributed by atoms with Gasteiger partial charge in [0.1, 0.15) is 0 Å². The third-order valence-corrected chi connectivity index (χ3v) is 2.98. The molecule has 2 unspecified atom stereocenters. The van der Waals surface area contributed by atoms with Gasteiger partial charge in [0.25, 0.3) is 0 Å². The Bertz CT molecular complexity index is 391. The third kappa shape index (κ3) is 3.26. The van der Waals surface area contributed by atoms with Crippen LogP contribution >= 0.6 is 0 Å². The summed E-state index contributed by atoms with van der Waals surface area (Å²) < 4.78 is 4.84. The van der Waals surface area contributed by atoms with E-state index in [1.54, 1.807) is 6.92 Å². The summed E-state index contributed by atoms with van der Waals surface area (Å²) in [5.74, 6) is 1.22. The molecule has 1 amide bonds.